The maximum atomic E-state index is 8.82. The molecular weight excluding hydrogens is 372 g/mol. The van der Waals surface area contributed by atoms with Crippen molar-refractivity contribution in [2.45, 2.75) is 46.5 Å². The van der Waals surface area contributed by atoms with E-state index in [1.165, 1.54) is 49.9 Å². The molecule has 2 aromatic rings. The molecule has 2 aromatic carbocycles. The molecule has 0 amide bonds. The number of ether oxygens (including phenoxy) is 1. The van der Waals surface area contributed by atoms with Crippen LogP contribution >= 0.6 is 0 Å². The zero-order valence-corrected chi connectivity index (χ0v) is 18.7. The molecule has 0 aromatic heterocycles. The first kappa shape index (κ1) is 23.6. The fourth-order valence-corrected chi connectivity index (χ4v) is 3.57. The zero-order chi connectivity index (χ0) is 21.7. The molecule has 5 nitrogen and oxygen atoms in total. The molecule has 30 heavy (non-hydrogen) atoms. The Hall–Kier alpha value is -2.71. The average molecular weight is 408 g/mol. The third kappa shape index (κ3) is 7.61. The summed E-state index contributed by atoms with van der Waals surface area (Å²) in [4.78, 5) is 0. The molecule has 0 unspecified atom stereocenters. The molecule has 0 spiro atoms. The second kappa shape index (κ2) is 12.8. The number of azo groups is 1. The van der Waals surface area contributed by atoms with Crippen molar-refractivity contribution in [2.24, 2.45) is 10.2 Å². The lowest BCUT2D eigenvalue weighted by atomic mass is 10.1. The van der Waals surface area contributed by atoms with E-state index in [4.69, 9.17) is 10.00 Å². The quantitative estimate of drug-likeness (QED) is 0.208. The first-order chi connectivity index (χ1) is 14.6. The molecule has 160 valence electrons. The summed E-state index contributed by atoms with van der Waals surface area (Å²) in [6, 6.07) is 16.8. The van der Waals surface area contributed by atoms with Crippen molar-refractivity contribution in [3.63, 3.8) is 0 Å². The van der Waals surface area contributed by atoms with Crippen molar-refractivity contribution in [3.05, 3.63) is 54.1 Å². The molecule has 0 aliphatic rings. The lowest BCUT2D eigenvalue weighted by Gasteiger charge is -2.35. The smallest absolute Gasteiger partial charge is 0.119 e. The van der Waals surface area contributed by atoms with Gasteiger partial charge >= 0.3 is 0 Å². The summed E-state index contributed by atoms with van der Waals surface area (Å²) < 4.78 is 7.09. The van der Waals surface area contributed by atoms with E-state index in [9.17, 15) is 0 Å². The molecule has 0 N–H and O–H groups in total. The molecule has 0 saturated carbocycles. The summed E-state index contributed by atoms with van der Waals surface area (Å²) in [6.45, 7) is 12.7. The Morgan fingerprint density at radius 1 is 0.767 bits per heavy atom. The third-order valence-electron chi connectivity index (χ3n) is 5.92. The Bertz CT molecular complexity index is 794. The van der Waals surface area contributed by atoms with Crippen molar-refractivity contribution >= 4 is 11.4 Å². The lowest BCUT2D eigenvalue weighted by molar-refractivity contribution is -0.923. The fraction of sp³-hybridized carbons (Fsp3) is 0.480. The maximum absolute atomic E-state index is 8.82. The van der Waals surface area contributed by atoms with Crippen LogP contribution in [0.25, 0.3) is 0 Å². The number of quaternary nitrogens is 1. The highest BCUT2D eigenvalue weighted by atomic mass is 16.5. The number of benzene rings is 2. The van der Waals surface area contributed by atoms with E-state index in [2.05, 4.69) is 37.1 Å². The number of nitrogens with zero attached hydrogens (tertiary/aromatic N) is 4. The van der Waals surface area contributed by atoms with Gasteiger partial charge in [0, 0.05) is 0 Å². The van der Waals surface area contributed by atoms with Gasteiger partial charge in [0.05, 0.1) is 55.8 Å². The molecule has 0 saturated heterocycles. The monoisotopic (exact) mass is 407 g/mol. The van der Waals surface area contributed by atoms with Gasteiger partial charge in [-0.1, -0.05) is 0 Å². The molecule has 0 aliphatic carbocycles. The van der Waals surface area contributed by atoms with Crippen LogP contribution in [0.4, 0.5) is 11.4 Å². The largest absolute Gasteiger partial charge is 0.494 e. The minimum Gasteiger partial charge on any atom is -0.494 e. The van der Waals surface area contributed by atoms with Gasteiger partial charge in [0.1, 0.15) is 5.75 Å². The lowest BCUT2D eigenvalue weighted by Crippen LogP contribution is -2.48. The van der Waals surface area contributed by atoms with Crippen molar-refractivity contribution < 1.29 is 9.22 Å². The van der Waals surface area contributed by atoms with Crippen LogP contribution < -0.4 is 4.74 Å². The fourth-order valence-electron chi connectivity index (χ4n) is 3.57. The minimum absolute atomic E-state index is 0.616. The number of rotatable bonds is 13. The first-order valence-corrected chi connectivity index (χ1v) is 11.1. The van der Waals surface area contributed by atoms with Crippen LogP contribution in [0.3, 0.4) is 0 Å². The second-order valence-electron chi connectivity index (χ2n) is 7.63. The maximum Gasteiger partial charge on any atom is 0.119 e. The summed E-state index contributed by atoms with van der Waals surface area (Å²) >= 11 is 0. The van der Waals surface area contributed by atoms with Gasteiger partial charge in [0.2, 0.25) is 0 Å². The van der Waals surface area contributed by atoms with Crippen molar-refractivity contribution in [1.29, 1.82) is 5.26 Å². The molecule has 0 aliphatic heterocycles. The predicted molar refractivity (Wildman–Crippen MR) is 122 cm³/mol. The van der Waals surface area contributed by atoms with Crippen LogP contribution in [0.15, 0.2) is 58.8 Å². The third-order valence-corrected chi connectivity index (χ3v) is 5.92. The van der Waals surface area contributed by atoms with Crippen molar-refractivity contribution in [3.8, 4) is 11.8 Å². The number of hydrogen-bond donors (Lipinski definition) is 0. The van der Waals surface area contributed by atoms with Crippen molar-refractivity contribution in [1.82, 2.24) is 0 Å². The SMILES string of the molecule is CC[N+](CC)(CC)CCCCCCOc1ccc(N=Nc2ccc(C#N)cc2)cc1. The normalized spacial score (nSPS) is 11.5. The minimum atomic E-state index is 0.616. The molecule has 0 heterocycles. The number of unbranched alkanes of at least 4 members (excludes halogenated alkanes) is 3. The van der Waals surface area contributed by atoms with Crippen LogP contribution in [0.5, 0.6) is 5.75 Å². The van der Waals surface area contributed by atoms with Gasteiger partial charge in [0.15, 0.2) is 0 Å². The van der Waals surface area contributed by atoms with E-state index in [-0.39, 0.29) is 0 Å². The Kier molecular flexibility index (Phi) is 10.0. The number of nitriles is 1. The van der Waals surface area contributed by atoms with Crippen LogP contribution in [0.1, 0.15) is 52.0 Å². The van der Waals surface area contributed by atoms with Crippen LogP contribution in [-0.2, 0) is 0 Å². The van der Waals surface area contributed by atoms with Gasteiger partial charge in [-0.25, -0.2) is 0 Å². The Balaban J connectivity index is 1.66. The van der Waals surface area contributed by atoms with E-state index in [1.807, 2.05) is 24.3 Å². The van der Waals surface area contributed by atoms with Gasteiger partial charge in [-0.05, 0) is 95.0 Å². The number of hydrogen-bond acceptors (Lipinski definition) is 4. The Labute approximate surface area is 181 Å². The highest BCUT2D eigenvalue weighted by Crippen LogP contribution is 2.22. The second-order valence-corrected chi connectivity index (χ2v) is 7.63. The molecular formula is C25H35N4O+. The van der Waals surface area contributed by atoms with E-state index in [1.54, 1.807) is 24.3 Å². The highest BCUT2D eigenvalue weighted by Gasteiger charge is 2.19. The Morgan fingerprint density at radius 2 is 1.30 bits per heavy atom. The predicted octanol–water partition coefficient (Wildman–Crippen LogP) is 6.79. The topological polar surface area (TPSA) is 57.7 Å². The van der Waals surface area contributed by atoms with Crippen LogP contribution in [0, 0.1) is 11.3 Å². The first-order valence-electron chi connectivity index (χ1n) is 11.1. The van der Waals surface area contributed by atoms with Gasteiger partial charge in [-0.2, -0.15) is 15.5 Å². The molecule has 2 rings (SSSR count). The summed E-state index contributed by atoms with van der Waals surface area (Å²) in [7, 11) is 0. The van der Waals surface area contributed by atoms with E-state index in [0.29, 0.717) is 5.56 Å². The van der Waals surface area contributed by atoms with E-state index < -0.39 is 0 Å². The summed E-state index contributed by atoms with van der Waals surface area (Å²) in [6.07, 6.45) is 4.88. The average Bonchev–Trinajstić information content (AvgIpc) is 2.81. The van der Waals surface area contributed by atoms with E-state index >= 15 is 0 Å². The zero-order valence-electron chi connectivity index (χ0n) is 18.7. The van der Waals surface area contributed by atoms with Gasteiger partial charge < -0.3 is 9.22 Å². The molecule has 5 heteroatoms. The van der Waals surface area contributed by atoms with Crippen molar-refractivity contribution in [2.75, 3.05) is 32.8 Å². The summed E-state index contributed by atoms with van der Waals surface area (Å²) in [5.74, 6) is 0.867. The highest BCUT2D eigenvalue weighted by molar-refractivity contribution is 5.44. The standard InChI is InChI=1S/C25H35N4O/c1-4-29(5-2,6-3)19-9-7-8-10-20-30-25-17-15-24(16-18-25)28-27-23-13-11-22(21-26)12-14-23/h11-18H,4-10,19-20H2,1-3H3/q+1. The summed E-state index contributed by atoms with van der Waals surface area (Å²) in [5, 5.41) is 17.2. The van der Waals surface area contributed by atoms with Crippen LogP contribution in [0.2, 0.25) is 0 Å². The van der Waals surface area contributed by atoms with Crippen LogP contribution in [-0.4, -0.2) is 37.3 Å². The Morgan fingerprint density at radius 3 is 1.83 bits per heavy atom. The molecule has 0 radical (unpaired) electrons. The summed E-state index contributed by atoms with van der Waals surface area (Å²) in [5.41, 5.74) is 2.11. The molecule has 0 bridgehead atoms. The molecule has 0 atom stereocenters. The van der Waals surface area contributed by atoms with Gasteiger partial charge in [-0.3, -0.25) is 0 Å². The van der Waals surface area contributed by atoms with E-state index in [0.717, 1.165) is 30.2 Å². The van der Waals surface area contributed by atoms with Gasteiger partial charge in [-0.15, -0.1) is 0 Å². The molecule has 0 fully saturated rings. The van der Waals surface area contributed by atoms with Gasteiger partial charge in [0.25, 0.3) is 0 Å².